The highest BCUT2D eigenvalue weighted by Crippen LogP contribution is 2.32. The van der Waals surface area contributed by atoms with Crippen molar-refractivity contribution in [2.24, 2.45) is 5.92 Å². The summed E-state index contributed by atoms with van der Waals surface area (Å²) in [7, 11) is 0. The number of nitrogens with one attached hydrogen (secondary N) is 3. The van der Waals surface area contributed by atoms with Crippen LogP contribution in [-0.4, -0.2) is 20.9 Å². The summed E-state index contributed by atoms with van der Waals surface area (Å²) >= 11 is 0. The zero-order chi connectivity index (χ0) is 16.1. The standard InChI is InChI=1S/C19H16N4O/c24-19(12-2-3-12)23-17-6-5-14-15(10-21-18(14)22-17)13-4-1-11-7-8-20-16(11)9-13/h1,4-10,12,20H,2-3H2,(H2,21,22,23,24). The molecule has 0 unspecified atom stereocenters. The minimum absolute atomic E-state index is 0.0748. The van der Waals surface area contributed by atoms with E-state index in [2.05, 4.69) is 44.5 Å². The normalized spacial score (nSPS) is 14.3. The highest BCUT2D eigenvalue weighted by molar-refractivity contribution is 5.98. The predicted octanol–water partition coefficient (Wildman–Crippen LogP) is 4.06. The largest absolute Gasteiger partial charge is 0.361 e. The number of pyridine rings is 1. The lowest BCUT2D eigenvalue weighted by molar-refractivity contribution is -0.117. The van der Waals surface area contributed by atoms with Gasteiger partial charge in [0.05, 0.1) is 0 Å². The van der Waals surface area contributed by atoms with Gasteiger partial charge >= 0.3 is 0 Å². The van der Waals surface area contributed by atoms with Gasteiger partial charge in [-0.3, -0.25) is 4.79 Å². The van der Waals surface area contributed by atoms with Crippen molar-refractivity contribution in [1.29, 1.82) is 0 Å². The Labute approximate surface area is 138 Å². The van der Waals surface area contributed by atoms with Crippen molar-refractivity contribution in [1.82, 2.24) is 15.0 Å². The molecular formula is C19H16N4O. The second-order valence-electron chi connectivity index (χ2n) is 6.34. The van der Waals surface area contributed by atoms with E-state index < -0.39 is 0 Å². The molecule has 118 valence electrons. The number of nitrogens with zero attached hydrogens (tertiary/aromatic N) is 1. The second-order valence-corrected chi connectivity index (χ2v) is 6.34. The molecule has 5 heteroatoms. The van der Waals surface area contributed by atoms with Crippen LogP contribution in [0, 0.1) is 5.92 Å². The molecule has 0 spiro atoms. The van der Waals surface area contributed by atoms with Crippen LogP contribution in [0.5, 0.6) is 0 Å². The maximum absolute atomic E-state index is 11.9. The van der Waals surface area contributed by atoms with Gasteiger partial charge in [0.2, 0.25) is 5.91 Å². The van der Waals surface area contributed by atoms with Crippen molar-refractivity contribution in [2.75, 3.05) is 5.32 Å². The van der Waals surface area contributed by atoms with E-state index in [0.717, 1.165) is 40.5 Å². The van der Waals surface area contributed by atoms with E-state index in [4.69, 9.17) is 0 Å². The molecule has 1 amide bonds. The van der Waals surface area contributed by atoms with Crippen molar-refractivity contribution in [3.63, 3.8) is 0 Å². The molecule has 1 saturated carbocycles. The maximum atomic E-state index is 11.9. The molecule has 0 saturated heterocycles. The summed E-state index contributed by atoms with van der Waals surface area (Å²) in [5.41, 5.74) is 4.13. The summed E-state index contributed by atoms with van der Waals surface area (Å²) in [6, 6.07) is 12.3. The molecule has 1 aliphatic carbocycles. The van der Waals surface area contributed by atoms with Gasteiger partial charge in [-0.1, -0.05) is 12.1 Å². The minimum atomic E-state index is 0.0748. The van der Waals surface area contributed by atoms with Gasteiger partial charge in [-0.05, 0) is 48.1 Å². The molecule has 4 aromatic rings. The number of fused-ring (bicyclic) bond motifs is 2. The third-order valence-electron chi connectivity index (χ3n) is 4.60. The number of carbonyl (C=O) groups is 1. The Morgan fingerprint density at radius 1 is 1.12 bits per heavy atom. The zero-order valence-electron chi connectivity index (χ0n) is 13.0. The van der Waals surface area contributed by atoms with Crippen molar-refractivity contribution < 1.29 is 4.79 Å². The SMILES string of the molecule is O=C(Nc1ccc2c(-c3ccc4cc[nH]c4c3)c[nH]c2n1)C1CC1. The van der Waals surface area contributed by atoms with Crippen LogP contribution in [0.3, 0.4) is 0 Å². The number of H-pyrrole nitrogens is 2. The minimum Gasteiger partial charge on any atom is -0.361 e. The Hall–Kier alpha value is -3.08. The van der Waals surface area contributed by atoms with Crippen LogP contribution in [0.1, 0.15) is 12.8 Å². The van der Waals surface area contributed by atoms with E-state index in [1.165, 1.54) is 5.39 Å². The molecule has 3 aromatic heterocycles. The van der Waals surface area contributed by atoms with E-state index in [0.29, 0.717) is 5.82 Å². The summed E-state index contributed by atoms with van der Waals surface area (Å²) in [6.07, 6.45) is 5.89. The summed E-state index contributed by atoms with van der Waals surface area (Å²) in [5, 5.41) is 5.13. The molecule has 1 aromatic carbocycles. The summed E-state index contributed by atoms with van der Waals surface area (Å²) < 4.78 is 0. The number of anilines is 1. The number of rotatable bonds is 3. The summed E-state index contributed by atoms with van der Waals surface area (Å²) in [5.74, 6) is 0.854. The van der Waals surface area contributed by atoms with Crippen LogP contribution in [0.2, 0.25) is 0 Å². The Balaban J connectivity index is 1.53. The van der Waals surface area contributed by atoms with Crippen LogP contribution in [0.25, 0.3) is 33.1 Å². The average molecular weight is 316 g/mol. The van der Waals surface area contributed by atoms with Gasteiger partial charge in [-0.25, -0.2) is 4.98 Å². The Morgan fingerprint density at radius 3 is 2.92 bits per heavy atom. The molecule has 0 bridgehead atoms. The van der Waals surface area contributed by atoms with E-state index in [1.54, 1.807) is 0 Å². The fourth-order valence-corrected chi connectivity index (χ4v) is 3.10. The quantitative estimate of drug-likeness (QED) is 0.533. The highest BCUT2D eigenvalue weighted by Gasteiger charge is 2.29. The number of carbonyl (C=O) groups excluding carboxylic acids is 1. The number of hydrogen-bond acceptors (Lipinski definition) is 2. The Morgan fingerprint density at radius 2 is 2.04 bits per heavy atom. The lowest BCUT2D eigenvalue weighted by Gasteiger charge is -2.04. The first-order chi connectivity index (χ1) is 11.8. The van der Waals surface area contributed by atoms with E-state index in [-0.39, 0.29) is 11.8 Å². The molecule has 0 atom stereocenters. The van der Waals surface area contributed by atoms with Gasteiger partial charge < -0.3 is 15.3 Å². The van der Waals surface area contributed by atoms with Crippen LogP contribution < -0.4 is 5.32 Å². The van der Waals surface area contributed by atoms with Crippen molar-refractivity contribution >= 4 is 33.7 Å². The monoisotopic (exact) mass is 316 g/mol. The molecule has 0 radical (unpaired) electrons. The topological polar surface area (TPSA) is 73.6 Å². The van der Waals surface area contributed by atoms with Gasteiger partial charge in [0, 0.05) is 34.8 Å². The summed E-state index contributed by atoms with van der Waals surface area (Å²) in [6.45, 7) is 0. The van der Waals surface area contributed by atoms with Crippen LogP contribution in [0.4, 0.5) is 5.82 Å². The first-order valence-corrected chi connectivity index (χ1v) is 8.14. The molecule has 1 fully saturated rings. The number of aromatic amines is 2. The zero-order valence-corrected chi connectivity index (χ0v) is 13.0. The van der Waals surface area contributed by atoms with E-state index in [1.807, 2.05) is 24.5 Å². The van der Waals surface area contributed by atoms with Crippen LogP contribution >= 0.6 is 0 Å². The van der Waals surface area contributed by atoms with Crippen LogP contribution in [0.15, 0.2) is 48.8 Å². The Kier molecular flexibility index (Phi) is 2.76. The number of aromatic nitrogens is 3. The number of amides is 1. The smallest absolute Gasteiger partial charge is 0.228 e. The van der Waals surface area contributed by atoms with Gasteiger partial charge in [0.1, 0.15) is 11.5 Å². The van der Waals surface area contributed by atoms with Gasteiger partial charge in [-0.15, -0.1) is 0 Å². The fraction of sp³-hybridized carbons (Fsp3) is 0.158. The lowest BCUT2D eigenvalue weighted by Crippen LogP contribution is -2.14. The molecule has 0 aliphatic heterocycles. The molecular weight excluding hydrogens is 300 g/mol. The predicted molar refractivity (Wildman–Crippen MR) is 94.7 cm³/mol. The number of benzene rings is 1. The molecule has 5 rings (SSSR count). The average Bonchev–Trinajstić information content (AvgIpc) is 3.20. The second kappa shape index (κ2) is 4.96. The molecule has 5 nitrogen and oxygen atoms in total. The van der Waals surface area contributed by atoms with E-state index >= 15 is 0 Å². The third kappa shape index (κ3) is 2.17. The van der Waals surface area contributed by atoms with Crippen molar-refractivity contribution in [3.8, 4) is 11.1 Å². The maximum Gasteiger partial charge on any atom is 0.228 e. The lowest BCUT2D eigenvalue weighted by atomic mass is 10.0. The number of hydrogen-bond donors (Lipinski definition) is 3. The van der Waals surface area contributed by atoms with Gasteiger partial charge in [0.15, 0.2) is 0 Å². The third-order valence-corrected chi connectivity index (χ3v) is 4.60. The fourth-order valence-electron chi connectivity index (χ4n) is 3.10. The van der Waals surface area contributed by atoms with Crippen LogP contribution in [-0.2, 0) is 4.79 Å². The van der Waals surface area contributed by atoms with E-state index in [9.17, 15) is 4.79 Å². The van der Waals surface area contributed by atoms with Gasteiger partial charge in [-0.2, -0.15) is 0 Å². The van der Waals surface area contributed by atoms with Crippen molar-refractivity contribution in [2.45, 2.75) is 12.8 Å². The highest BCUT2D eigenvalue weighted by atomic mass is 16.2. The Bertz CT molecular complexity index is 1070. The summed E-state index contributed by atoms with van der Waals surface area (Å²) in [4.78, 5) is 22.9. The molecule has 3 heterocycles. The molecule has 3 N–H and O–H groups in total. The molecule has 1 aliphatic rings. The first kappa shape index (κ1) is 13.4. The molecule has 24 heavy (non-hydrogen) atoms. The van der Waals surface area contributed by atoms with Crippen molar-refractivity contribution in [3.05, 3.63) is 48.8 Å². The first-order valence-electron chi connectivity index (χ1n) is 8.14. The van der Waals surface area contributed by atoms with Gasteiger partial charge in [0.25, 0.3) is 0 Å².